The minimum atomic E-state index is 0.0875. The molecule has 0 unspecified atom stereocenters. The molecule has 2 heterocycles. The third kappa shape index (κ3) is 3.74. The second-order valence-corrected chi connectivity index (χ2v) is 7.22. The van der Waals surface area contributed by atoms with Gasteiger partial charge in [0, 0.05) is 44.1 Å². The topological polar surface area (TPSA) is 49.3 Å². The molecule has 0 aliphatic carbocycles. The molecule has 3 aromatic rings. The molecule has 0 N–H and O–H groups in total. The quantitative estimate of drug-likeness (QED) is 0.703. The van der Waals surface area contributed by atoms with Crippen molar-refractivity contribution in [3.8, 4) is 11.1 Å². The molecule has 1 aliphatic heterocycles. The van der Waals surface area contributed by atoms with Crippen molar-refractivity contribution in [2.75, 3.05) is 31.1 Å². The van der Waals surface area contributed by atoms with Gasteiger partial charge >= 0.3 is 0 Å². The number of amides is 1. The fraction of sp³-hybridized carbons (Fsp3) is 0.261. The van der Waals surface area contributed by atoms with Crippen LogP contribution in [0.25, 0.3) is 11.1 Å². The van der Waals surface area contributed by atoms with Gasteiger partial charge in [0.25, 0.3) is 5.91 Å². The average molecular weight is 372 g/mol. The number of hydrogen-bond donors (Lipinski definition) is 0. The van der Waals surface area contributed by atoms with E-state index in [0.717, 1.165) is 35.6 Å². The van der Waals surface area contributed by atoms with Crippen molar-refractivity contribution in [3.05, 3.63) is 77.7 Å². The van der Waals surface area contributed by atoms with Crippen LogP contribution in [0.5, 0.6) is 0 Å². The van der Waals surface area contributed by atoms with E-state index in [2.05, 4.69) is 53.0 Å². The molecule has 0 bridgehead atoms. The zero-order chi connectivity index (χ0) is 19.5. The zero-order valence-corrected chi connectivity index (χ0v) is 16.3. The van der Waals surface area contributed by atoms with Crippen molar-refractivity contribution in [3.63, 3.8) is 0 Å². The number of carbonyl (C=O) groups excluding carboxylic acids is 1. The molecule has 0 atom stereocenters. The summed E-state index contributed by atoms with van der Waals surface area (Å²) in [7, 11) is 0. The largest absolute Gasteiger partial charge is 0.352 e. The van der Waals surface area contributed by atoms with Crippen molar-refractivity contribution >= 4 is 11.7 Å². The highest BCUT2D eigenvalue weighted by Crippen LogP contribution is 2.24. The van der Waals surface area contributed by atoms with Crippen molar-refractivity contribution in [1.82, 2.24) is 14.9 Å². The van der Waals surface area contributed by atoms with Gasteiger partial charge in [-0.2, -0.15) is 0 Å². The Morgan fingerprint density at radius 3 is 2.39 bits per heavy atom. The van der Waals surface area contributed by atoms with E-state index in [1.807, 2.05) is 23.1 Å². The minimum Gasteiger partial charge on any atom is -0.352 e. The number of hydrogen-bond acceptors (Lipinski definition) is 4. The molecule has 1 aromatic heterocycles. The molecule has 5 nitrogen and oxygen atoms in total. The lowest BCUT2D eigenvalue weighted by Crippen LogP contribution is -2.49. The summed E-state index contributed by atoms with van der Waals surface area (Å²) in [5.74, 6) is 0.954. The van der Waals surface area contributed by atoms with E-state index in [-0.39, 0.29) is 5.91 Å². The Balaban J connectivity index is 1.48. The number of carbonyl (C=O) groups is 1. The van der Waals surface area contributed by atoms with Gasteiger partial charge < -0.3 is 9.80 Å². The monoisotopic (exact) mass is 372 g/mol. The maximum Gasteiger partial charge on any atom is 0.253 e. The summed E-state index contributed by atoms with van der Waals surface area (Å²) in [5, 5.41) is 0. The molecular weight excluding hydrogens is 348 g/mol. The Hall–Kier alpha value is -3.21. The maximum absolute atomic E-state index is 13.0. The first-order valence-electron chi connectivity index (χ1n) is 9.60. The summed E-state index contributed by atoms with van der Waals surface area (Å²) in [6.45, 7) is 7.12. The van der Waals surface area contributed by atoms with Gasteiger partial charge in [0.2, 0.25) is 0 Å². The summed E-state index contributed by atoms with van der Waals surface area (Å²) >= 11 is 0. The van der Waals surface area contributed by atoms with Gasteiger partial charge in [-0.15, -0.1) is 0 Å². The number of nitrogens with zero attached hydrogens (tertiary/aromatic N) is 4. The van der Waals surface area contributed by atoms with Crippen LogP contribution in [0, 0.1) is 13.8 Å². The SMILES string of the molecule is Cc1ccc(-c2cccc(C(=O)N3CCN(c4cnccn4)CC3)c2)cc1C. The highest BCUT2D eigenvalue weighted by molar-refractivity contribution is 5.95. The van der Waals surface area contributed by atoms with Gasteiger partial charge in [0.05, 0.1) is 6.20 Å². The van der Waals surface area contributed by atoms with Crippen LogP contribution in [0.4, 0.5) is 5.82 Å². The molecule has 1 aliphatic rings. The molecular formula is C23H24N4O. The summed E-state index contributed by atoms with van der Waals surface area (Å²) in [5.41, 5.74) is 5.49. The fourth-order valence-corrected chi connectivity index (χ4v) is 3.53. The molecule has 0 radical (unpaired) electrons. The van der Waals surface area contributed by atoms with Crippen molar-refractivity contribution in [2.24, 2.45) is 0 Å². The van der Waals surface area contributed by atoms with Crippen molar-refractivity contribution < 1.29 is 4.79 Å². The number of benzene rings is 2. The van der Waals surface area contributed by atoms with Crippen LogP contribution in [-0.4, -0.2) is 47.0 Å². The minimum absolute atomic E-state index is 0.0875. The van der Waals surface area contributed by atoms with E-state index in [1.54, 1.807) is 18.6 Å². The first-order chi connectivity index (χ1) is 13.6. The highest BCUT2D eigenvalue weighted by Gasteiger charge is 2.23. The Kier molecular flexibility index (Phi) is 5.06. The Morgan fingerprint density at radius 1 is 0.893 bits per heavy atom. The van der Waals surface area contributed by atoms with E-state index in [0.29, 0.717) is 13.1 Å². The van der Waals surface area contributed by atoms with Gasteiger partial charge in [0.15, 0.2) is 0 Å². The lowest BCUT2D eigenvalue weighted by molar-refractivity contribution is 0.0746. The molecule has 1 fully saturated rings. The number of rotatable bonds is 3. The normalized spacial score (nSPS) is 14.2. The lowest BCUT2D eigenvalue weighted by atomic mass is 9.99. The van der Waals surface area contributed by atoms with Crippen LogP contribution < -0.4 is 4.90 Å². The molecule has 2 aromatic carbocycles. The summed E-state index contributed by atoms with van der Waals surface area (Å²) in [6, 6.07) is 14.4. The van der Waals surface area contributed by atoms with Gasteiger partial charge in [-0.25, -0.2) is 4.98 Å². The Labute approximate surface area is 165 Å². The number of piperazine rings is 1. The molecule has 1 saturated heterocycles. The lowest BCUT2D eigenvalue weighted by Gasteiger charge is -2.35. The fourth-order valence-electron chi connectivity index (χ4n) is 3.53. The van der Waals surface area contributed by atoms with Crippen LogP contribution in [0.3, 0.4) is 0 Å². The summed E-state index contributed by atoms with van der Waals surface area (Å²) in [6.07, 6.45) is 5.14. The first-order valence-corrected chi connectivity index (χ1v) is 9.60. The molecule has 5 heteroatoms. The third-order valence-electron chi connectivity index (χ3n) is 5.39. The zero-order valence-electron chi connectivity index (χ0n) is 16.3. The molecule has 4 rings (SSSR count). The second kappa shape index (κ2) is 7.80. The van der Waals surface area contributed by atoms with E-state index in [4.69, 9.17) is 0 Å². The average Bonchev–Trinajstić information content (AvgIpc) is 2.76. The van der Waals surface area contributed by atoms with Gasteiger partial charge in [-0.3, -0.25) is 9.78 Å². The Bertz CT molecular complexity index is 979. The van der Waals surface area contributed by atoms with Crippen molar-refractivity contribution in [2.45, 2.75) is 13.8 Å². The predicted molar refractivity (Wildman–Crippen MR) is 112 cm³/mol. The van der Waals surface area contributed by atoms with Crippen LogP contribution in [0.15, 0.2) is 61.1 Å². The number of aromatic nitrogens is 2. The van der Waals surface area contributed by atoms with Gasteiger partial charge in [-0.05, 0) is 48.2 Å². The van der Waals surface area contributed by atoms with Crippen LogP contribution in [-0.2, 0) is 0 Å². The summed E-state index contributed by atoms with van der Waals surface area (Å²) < 4.78 is 0. The third-order valence-corrected chi connectivity index (χ3v) is 5.39. The second-order valence-electron chi connectivity index (χ2n) is 7.22. The van der Waals surface area contributed by atoms with E-state index in [9.17, 15) is 4.79 Å². The molecule has 142 valence electrons. The smallest absolute Gasteiger partial charge is 0.253 e. The van der Waals surface area contributed by atoms with E-state index < -0.39 is 0 Å². The van der Waals surface area contributed by atoms with Crippen LogP contribution >= 0.6 is 0 Å². The van der Waals surface area contributed by atoms with Crippen LogP contribution in [0.1, 0.15) is 21.5 Å². The Morgan fingerprint density at radius 2 is 1.68 bits per heavy atom. The summed E-state index contributed by atoms with van der Waals surface area (Å²) in [4.78, 5) is 25.6. The molecule has 0 spiro atoms. The number of aryl methyl sites for hydroxylation is 2. The number of anilines is 1. The molecule has 28 heavy (non-hydrogen) atoms. The van der Waals surface area contributed by atoms with Gasteiger partial charge in [0.1, 0.15) is 5.82 Å². The van der Waals surface area contributed by atoms with E-state index >= 15 is 0 Å². The van der Waals surface area contributed by atoms with Crippen molar-refractivity contribution in [1.29, 1.82) is 0 Å². The molecule has 1 amide bonds. The van der Waals surface area contributed by atoms with Crippen LogP contribution in [0.2, 0.25) is 0 Å². The van der Waals surface area contributed by atoms with Gasteiger partial charge in [-0.1, -0.05) is 30.3 Å². The van der Waals surface area contributed by atoms with E-state index in [1.165, 1.54) is 11.1 Å². The standard InChI is InChI=1S/C23H24N4O/c1-17-6-7-20(14-18(17)2)19-4-3-5-21(15-19)23(28)27-12-10-26(11-13-27)22-16-24-8-9-25-22/h3-9,14-16H,10-13H2,1-2H3. The maximum atomic E-state index is 13.0. The molecule has 0 saturated carbocycles. The predicted octanol–water partition coefficient (Wildman–Crippen LogP) is 3.72. The first kappa shape index (κ1) is 18.2. The highest BCUT2D eigenvalue weighted by atomic mass is 16.2.